The summed E-state index contributed by atoms with van der Waals surface area (Å²) in [5, 5.41) is 4.85. The van der Waals surface area contributed by atoms with E-state index in [1.807, 2.05) is 24.4 Å². The smallest absolute Gasteiger partial charge is 0.0774 e. The number of nitrogens with zero attached hydrogens (tertiary/aromatic N) is 3. The van der Waals surface area contributed by atoms with Gasteiger partial charge in [0.15, 0.2) is 0 Å². The molecular weight excluding hydrogens is 891 g/mol. The Kier molecular flexibility index (Phi) is 13.1. The molecule has 0 saturated carbocycles. The van der Waals surface area contributed by atoms with Crippen LogP contribution in [-0.2, 0) is 38.4 Å². The number of para-hydroxylation sites is 2. The summed E-state index contributed by atoms with van der Waals surface area (Å²) < 4.78 is 3.57. The predicted molar refractivity (Wildman–Crippen MR) is 240 cm³/mol. The maximum atomic E-state index is 5.15. The van der Waals surface area contributed by atoms with E-state index in [2.05, 4.69) is 180 Å². The van der Waals surface area contributed by atoms with Crippen molar-refractivity contribution < 1.29 is 20.1 Å². The summed E-state index contributed by atoms with van der Waals surface area (Å²) in [5.74, 6) is 2.22. The van der Waals surface area contributed by atoms with Gasteiger partial charge < -0.3 is 9.55 Å². The third-order valence-corrected chi connectivity index (χ3v) is 11.1. The Balaban J connectivity index is 0.000000223. The fourth-order valence-electron chi connectivity index (χ4n) is 7.85. The van der Waals surface area contributed by atoms with Crippen LogP contribution in [0.1, 0.15) is 76.3 Å². The Labute approximate surface area is 357 Å². The van der Waals surface area contributed by atoms with Gasteiger partial charge in [-0.15, -0.1) is 47.3 Å². The van der Waals surface area contributed by atoms with Crippen LogP contribution >= 0.6 is 11.3 Å². The number of thiophene rings is 1. The third-order valence-electron chi connectivity index (χ3n) is 10.3. The van der Waals surface area contributed by atoms with Gasteiger partial charge in [0.2, 0.25) is 0 Å². The zero-order valence-corrected chi connectivity index (χ0v) is 37.9. The van der Waals surface area contributed by atoms with Crippen molar-refractivity contribution in [2.75, 3.05) is 0 Å². The van der Waals surface area contributed by atoms with E-state index >= 15 is 0 Å². The standard InChI is InChI=1S/C33H29N2S.C19H24N.Ir/c1-21(2)16-24-14-15-31-27(19-24)28(20-36-31)33-34-29-12-8-9-13-30(29)35(33)26-17-22(3)32(23(4)18-26)25-10-6-5-7-11-25;1-14(2)11-16-12-18(15-9-7-6-8-10-15)20-13-17(16)19(3,4)5;/h5-15,17-19,21H,16H2,1-4H3;6-9,12-14H,11H2,1-5H3;/q2*-1;. The molecule has 3 nitrogen and oxygen atoms in total. The third kappa shape index (κ3) is 9.39. The van der Waals surface area contributed by atoms with E-state index in [4.69, 9.17) is 4.98 Å². The van der Waals surface area contributed by atoms with Crippen molar-refractivity contribution in [1.82, 2.24) is 14.5 Å². The van der Waals surface area contributed by atoms with Crippen molar-refractivity contribution in [3.05, 3.63) is 161 Å². The van der Waals surface area contributed by atoms with Gasteiger partial charge in [-0.05, 0) is 107 Å². The maximum Gasteiger partial charge on any atom is 0.0774 e. The van der Waals surface area contributed by atoms with Gasteiger partial charge >= 0.3 is 0 Å². The van der Waals surface area contributed by atoms with E-state index in [0.29, 0.717) is 11.8 Å². The molecule has 0 bridgehead atoms. The first-order chi connectivity index (χ1) is 26.9. The summed E-state index contributed by atoms with van der Waals surface area (Å²) in [6.45, 7) is 20.3. The Hall–Kier alpha value is -4.67. The van der Waals surface area contributed by atoms with Crippen molar-refractivity contribution in [2.24, 2.45) is 11.8 Å². The molecular formula is C52H53IrN3S-2. The van der Waals surface area contributed by atoms with Crippen LogP contribution in [0.15, 0.2) is 121 Å². The molecule has 5 heteroatoms. The Bertz CT molecular complexity index is 2570. The summed E-state index contributed by atoms with van der Waals surface area (Å²) in [6, 6.07) is 44.1. The summed E-state index contributed by atoms with van der Waals surface area (Å²) >= 11 is 1.68. The van der Waals surface area contributed by atoms with Gasteiger partial charge in [-0.3, -0.25) is 16.3 Å². The van der Waals surface area contributed by atoms with E-state index in [0.717, 1.165) is 52.2 Å². The van der Waals surface area contributed by atoms with Gasteiger partial charge in [0.25, 0.3) is 0 Å². The van der Waals surface area contributed by atoms with E-state index in [1.54, 1.807) is 11.3 Å². The van der Waals surface area contributed by atoms with Gasteiger partial charge in [0.05, 0.1) is 16.9 Å². The minimum atomic E-state index is 0. The molecule has 3 aromatic heterocycles. The molecule has 8 rings (SSSR count). The zero-order chi connectivity index (χ0) is 39.6. The number of hydrogen-bond donors (Lipinski definition) is 0. The molecule has 3 heterocycles. The summed E-state index contributed by atoms with van der Waals surface area (Å²) in [5.41, 5.74) is 15.8. The van der Waals surface area contributed by atoms with Crippen LogP contribution in [-0.4, -0.2) is 14.5 Å². The fourth-order valence-corrected chi connectivity index (χ4v) is 8.67. The first kappa shape index (κ1) is 41.9. The second kappa shape index (κ2) is 17.9. The number of benzene rings is 5. The topological polar surface area (TPSA) is 30.7 Å². The number of hydrogen-bond acceptors (Lipinski definition) is 3. The van der Waals surface area contributed by atoms with Gasteiger partial charge in [0, 0.05) is 32.0 Å². The fraction of sp³-hybridized carbons (Fsp3) is 0.269. The molecule has 0 amide bonds. The SMILES string of the molecule is CC(C)Cc1cc(-c2[c-]cccc2)ncc1C(C)(C)C.Cc1cc(-n2c(-c3[c-]sc4ccc(CC(C)C)cc34)nc3ccccc32)cc(C)c1-c1ccccc1.[Ir]. The van der Waals surface area contributed by atoms with Crippen LogP contribution in [0.25, 0.3) is 60.6 Å². The van der Waals surface area contributed by atoms with E-state index < -0.39 is 0 Å². The van der Waals surface area contributed by atoms with Crippen LogP contribution in [0.5, 0.6) is 0 Å². The minimum Gasteiger partial charge on any atom is -0.333 e. The van der Waals surface area contributed by atoms with Crippen molar-refractivity contribution in [3.8, 4) is 39.5 Å². The van der Waals surface area contributed by atoms with Gasteiger partial charge in [0.1, 0.15) is 0 Å². The zero-order valence-electron chi connectivity index (χ0n) is 34.7. The number of fused-ring (bicyclic) bond motifs is 2. The molecule has 0 aliphatic rings. The normalized spacial score (nSPS) is 11.6. The minimum absolute atomic E-state index is 0. The first-order valence-corrected chi connectivity index (χ1v) is 20.7. The largest absolute Gasteiger partial charge is 0.333 e. The van der Waals surface area contributed by atoms with Gasteiger partial charge in [-0.25, -0.2) is 0 Å². The molecule has 0 fully saturated rings. The number of imidazole rings is 1. The number of aromatic nitrogens is 3. The molecule has 0 saturated heterocycles. The van der Waals surface area contributed by atoms with E-state index in [1.165, 1.54) is 49.0 Å². The van der Waals surface area contributed by atoms with E-state index in [-0.39, 0.29) is 25.5 Å². The Morgan fingerprint density at radius 2 is 1.44 bits per heavy atom. The first-order valence-electron chi connectivity index (χ1n) is 19.9. The van der Waals surface area contributed by atoms with Gasteiger partial charge in [-0.2, -0.15) is 0 Å². The molecule has 293 valence electrons. The summed E-state index contributed by atoms with van der Waals surface area (Å²) in [4.78, 5) is 9.80. The number of pyridine rings is 1. The average Bonchev–Trinajstić information content (AvgIpc) is 3.76. The van der Waals surface area contributed by atoms with Crippen molar-refractivity contribution in [2.45, 2.75) is 80.6 Å². The number of rotatable bonds is 8. The molecule has 0 unspecified atom stereocenters. The van der Waals surface area contributed by atoms with Crippen molar-refractivity contribution in [1.29, 1.82) is 0 Å². The molecule has 8 aromatic rings. The summed E-state index contributed by atoms with van der Waals surface area (Å²) in [6.07, 6.45) is 4.21. The van der Waals surface area contributed by atoms with Gasteiger partial charge in [-0.1, -0.05) is 130 Å². The Morgan fingerprint density at radius 1 is 0.754 bits per heavy atom. The average molecular weight is 944 g/mol. The second-order valence-electron chi connectivity index (χ2n) is 16.9. The maximum absolute atomic E-state index is 5.15. The molecule has 0 aliphatic heterocycles. The monoisotopic (exact) mass is 944 g/mol. The molecule has 57 heavy (non-hydrogen) atoms. The Morgan fingerprint density at radius 3 is 2.11 bits per heavy atom. The van der Waals surface area contributed by atoms with Crippen LogP contribution < -0.4 is 0 Å². The van der Waals surface area contributed by atoms with Crippen LogP contribution in [0, 0.1) is 37.1 Å². The summed E-state index contributed by atoms with van der Waals surface area (Å²) in [7, 11) is 0. The quantitative estimate of drug-likeness (QED) is 0.142. The molecule has 0 spiro atoms. The van der Waals surface area contributed by atoms with E-state index in [9.17, 15) is 0 Å². The molecule has 0 atom stereocenters. The molecule has 0 N–H and O–H groups in total. The van der Waals surface area contributed by atoms with Crippen molar-refractivity contribution >= 4 is 32.5 Å². The predicted octanol–water partition coefficient (Wildman–Crippen LogP) is 14.2. The molecule has 0 aliphatic carbocycles. The molecule has 5 aromatic carbocycles. The van der Waals surface area contributed by atoms with Crippen LogP contribution in [0.2, 0.25) is 0 Å². The molecule has 1 radical (unpaired) electrons. The van der Waals surface area contributed by atoms with Crippen LogP contribution in [0.3, 0.4) is 0 Å². The van der Waals surface area contributed by atoms with Crippen LogP contribution in [0.4, 0.5) is 0 Å². The number of aryl methyl sites for hydroxylation is 2. The van der Waals surface area contributed by atoms with Crippen molar-refractivity contribution in [3.63, 3.8) is 0 Å². The second-order valence-corrected chi connectivity index (χ2v) is 17.8.